The molecule has 0 amide bonds. The molecular formula is C22H30FNO4SSi. The first-order valence-corrected chi connectivity index (χ1v) is 15.5. The fourth-order valence-corrected chi connectivity index (χ4v) is 8.38. The summed E-state index contributed by atoms with van der Waals surface area (Å²) in [5.41, 5.74) is 1.42. The maximum atomic E-state index is 12.9. The van der Waals surface area contributed by atoms with Gasteiger partial charge in [0.1, 0.15) is 11.4 Å². The van der Waals surface area contributed by atoms with Crippen molar-refractivity contribution in [3.05, 3.63) is 29.3 Å². The van der Waals surface area contributed by atoms with Gasteiger partial charge < -0.3 is 8.61 Å². The number of nitrogens with zero attached hydrogens (tertiary/aromatic N) is 1. The number of fused-ring (bicyclic) bond motifs is 5. The van der Waals surface area contributed by atoms with Gasteiger partial charge in [-0.3, -0.25) is 0 Å². The highest BCUT2D eigenvalue weighted by molar-refractivity contribution is 7.81. The molecule has 0 spiro atoms. The molecule has 4 rings (SSSR count). The Kier molecular flexibility index (Phi) is 5.11. The van der Waals surface area contributed by atoms with Gasteiger partial charge in [0, 0.05) is 5.41 Å². The van der Waals surface area contributed by atoms with Crippen LogP contribution in [0.25, 0.3) is 0 Å². The van der Waals surface area contributed by atoms with Crippen LogP contribution in [0.4, 0.5) is 3.89 Å². The Morgan fingerprint density at radius 3 is 2.57 bits per heavy atom. The predicted octanol–water partition coefficient (Wildman–Crippen LogP) is 5.25. The zero-order valence-corrected chi connectivity index (χ0v) is 19.9. The van der Waals surface area contributed by atoms with Crippen LogP contribution >= 0.6 is 0 Å². The average Bonchev–Trinajstić information content (AvgIpc) is 2.91. The molecule has 3 aliphatic rings. The van der Waals surface area contributed by atoms with Crippen LogP contribution < -0.4 is 4.18 Å². The molecule has 5 atom stereocenters. The number of aryl methyl sites for hydroxylation is 1. The highest BCUT2D eigenvalue weighted by Gasteiger charge is 2.64. The number of nitriles is 1. The van der Waals surface area contributed by atoms with Crippen molar-refractivity contribution in [3.63, 3.8) is 0 Å². The van der Waals surface area contributed by atoms with Gasteiger partial charge in [-0.1, -0.05) is 16.9 Å². The maximum Gasteiger partial charge on any atom is 0.488 e. The van der Waals surface area contributed by atoms with Crippen LogP contribution in [-0.4, -0.2) is 22.3 Å². The molecule has 3 aliphatic carbocycles. The molecule has 0 aromatic heterocycles. The molecule has 1 aromatic rings. The minimum Gasteiger partial charge on any atom is -0.399 e. The third-order valence-corrected chi connectivity index (χ3v) is 9.03. The van der Waals surface area contributed by atoms with Gasteiger partial charge in [-0.05, 0) is 99.2 Å². The van der Waals surface area contributed by atoms with E-state index < -0.39 is 24.4 Å². The van der Waals surface area contributed by atoms with Gasteiger partial charge in [0.2, 0.25) is 0 Å². The Bertz CT molecular complexity index is 1000. The summed E-state index contributed by atoms with van der Waals surface area (Å²) >= 11 is 0. The molecule has 0 bridgehead atoms. The summed E-state index contributed by atoms with van der Waals surface area (Å²) in [6.07, 6.45) is 5.51. The Hall–Kier alpha value is -1.43. The van der Waals surface area contributed by atoms with Gasteiger partial charge in [-0.2, -0.15) is 13.7 Å². The van der Waals surface area contributed by atoms with E-state index in [4.69, 9.17) is 4.43 Å². The number of hydrogen-bond donors (Lipinski definition) is 0. The van der Waals surface area contributed by atoms with Gasteiger partial charge in [0.05, 0.1) is 6.07 Å². The molecule has 0 aliphatic heterocycles. The molecule has 8 heteroatoms. The van der Waals surface area contributed by atoms with Gasteiger partial charge in [0.15, 0.2) is 8.32 Å². The summed E-state index contributed by atoms with van der Waals surface area (Å²) in [4.78, 5) is 0. The van der Waals surface area contributed by atoms with Crippen molar-refractivity contribution in [1.82, 2.24) is 0 Å². The van der Waals surface area contributed by atoms with E-state index >= 15 is 0 Å². The van der Waals surface area contributed by atoms with Crippen molar-refractivity contribution in [2.24, 2.45) is 17.3 Å². The van der Waals surface area contributed by atoms with E-state index in [1.54, 1.807) is 12.1 Å². The summed E-state index contributed by atoms with van der Waals surface area (Å²) in [5.74, 6) is 1.32. The van der Waals surface area contributed by atoms with Crippen molar-refractivity contribution in [2.45, 2.75) is 76.6 Å². The van der Waals surface area contributed by atoms with Crippen LogP contribution in [0.3, 0.4) is 0 Å². The van der Waals surface area contributed by atoms with Crippen LogP contribution in [0.2, 0.25) is 19.6 Å². The Balaban J connectivity index is 1.63. The maximum absolute atomic E-state index is 12.9. The van der Waals surface area contributed by atoms with E-state index in [0.29, 0.717) is 17.8 Å². The highest BCUT2D eigenvalue weighted by atomic mass is 32.3. The first-order chi connectivity index (χ1) is 13.9. The fourth-order valence-electron chi connectivity index (χ4n) is 6.62. The lowest BCUT2D eigenvalue weighted by Crippen LogP contribution is -2.54. The minimum atomic E-state index is -5.02. The van der Waals surface area contributed by atoms with E-state index in [1.807, 2.05) is 6.07 Å². The molecular weight excluding hydrogens is 421 g/mol. The van der Waals surface area contributed by atoms with Crippen LogP contribution in [0, 0.1) is 28.6 Å². The van der Waals surface area contributed by atoms with Crippen LogP contribution in [0.1, 0.15) is 56.1 Å². The Labute approximate surface area is 180 Å². The normalized spacial score (nSPS) is 35.7. The molecule has 2 saturated carbocycles. The summed E-state index contributed by atoms with van der Waals surface area (Å²) in [7, 11) is -6.90. The Morgan fingerprint density at radius 1 is 1.20 bits per heavy atom. The molecule has 5 nitrogen and oxygen atoms in total. The second kappa shape index (κ2) is 7.04. The van der Waals surface area contributed by atoms with E-state index in [1.165, 1.54) is 5.56 Å². The highest BCUT2D eigenvalue weighted by Crippen LogP contribution is 2.65. The van der Waals surface area contributed by atoms with E-state index in [-0.39, 0.29) is 11.2 Å². The molecule has 30 heavy (non-hydrogen) atoms. The smallest absolute Gasteiger partial charge is 0.399 e. The van der Waals surface area contributed by atoms with Crippen molar-refractivity contribution >= 4 is 18.8 Å². The quantitative estimate of drug-likeness (QED) is 0.462. The summed E-state index contributed by atoms with van der Waals surface area (Å²) in [5, 5.41) is 10.2. The van der Waals surface area contributed by atoms with Crippen LogP contribution in [-0.2, 0) is 21.4 Å². The van der Waals surface area contributed by atoms with Gasteiger partial charge in [-0.25, -0.2) is 0 Å². The topological polar surface area (TPSA) is 76.4 Å². The van der Waals surface area contributed by atoms with Gasteiger partial charge in [0.25, 0.3) is 0 Å². The molecule has 0 N–H and O–H groups in total. The van der Waals surface area contributed by atoms with Crippen molar-refractivity contribution < 1.29 is 20.9 Å². The van der Waals surface area contributed by atoms with Gasteiger partial charge in [-0.15, -0.1) is 0 Å². The lowest BCUT2D eigenvalue weighted by molar-refractivity contribution is -0.0549. The van der Waals surface area contributed by atoms with E-state index in [9.17, 15) is 17.6 Å². The SMILES string of the molecule is C[C@]12CC[C@@H]3c4ccc(OS(=O)(=O)F)cc4CC[C@H]3[C@@H]1CC[C@]2(C#N)O[Si](C)(C)C. The molecule has 0 radical (unpaired) electrons. The number of benzene rings is 1. The lowest BCUT2D eigenvalue weighted by Gasteiger charge is -2.53. The molecule has 0 saturated heterocycles. The number of halogens is 1. The zero-order valence-electron chi connectivity index (χ0n) is 18.1. The second-order valence-corrected chi connectivity index (χ2v) is 15.8. The molecule has 164 valence electrons. The lowest BCUT2D eigenvalue weighted by atomic mass is 9.53. The Morgan fingerprint density at radius 2 is 1.93 bits per heavy atom. The van der Waals surface area contributed by atoms with E-state index in [2.05, 4.69) is 36.8 Å². The molecule has 1 aromatic carbocycles. The van der Waals surface area contributed by atoms with Crippen LogP contribution in [0.15, 0.2) is 18.2 Å². The molecule has 2 fully saturated rings. The number of hydrogen-bond acceptors (Lipinski definition) is 5. The molecule has 0 heterocycles. The average molecular weight is 452 g/mol. The molecule has 0 unspecified atom stereocenters. The number of rotatable bonds is 4. The summed E-state index contributed by atoms with van der Waals surface area (Å²) in [6.45, 7) is 8.73. The summed E-state index contributed by atoms with van der Waals surface area (Å²) in [6, 6.07) is 7.74. The minimum absolute atomic E-state index is 0.0308. The standard InChI is InChI=1S/C22H30FNO4SSi/c1-21-11-9-18-17-8-6-16(27-29(23,25)26)13-15(17)5-7-19(18)20(21)10-12-22(21,14-24)28-30(2,3)4/h6,8,13,18-20H,5,7,9-12H2,1-4H3/t18-,19-,20+,21+,22-/m1/s1. The summed E-state index contributed by atoms with van der Waals surface area (Å²) < 4.78 is 45.6. The van der Waals surface area contributed by atoms with Crippen molar-refractivity contribution in [3.8, 4) is 11.8 Å². The zero-order chi connectivity index (χ0) is 21.9. The second-order valence-electron chi connectivity index (χ2n) is 10.4. The third-order valence-electron chi connectivity index (χ3n) is 7.67. The predicted molar refractivity (Wildman–Crippen MR) is 114 cm³/mol. The van der Waals surface area contributed by atoms with Crippen molar-refractivity contribution in [2.75, 3.05) is 0 Å². The first kappa shape index (κ1) is 21.8. The monoisotopic (exact) mass is 451 g/mol. The van der Waals surface area contributed by atoms with Crippen LogP contribution in [0.5, 0.6) is 5.75 Å². The largest absolute Gasteiger partial charge is 0.488 e. The van der Waals surface area contributed by atoms with E-state index in [0.717, 1.165) is 44.1 Å². The third kappa shape index (κ3) is 3.59. The fraction of sp³-hybridized carbons (Fsp3) is 0.682. The van der Waals surface area contributed by atoms with Crippen molar-refractivity contribution in [1.29, 1.82) is 5.26 Å². The van der Waals surface area contributed by atoms with Gasteiger partial charge >= 0.3 is 10.5 Å². The first-order valence-electron chi connectivity index (χ1n) is 10.8.